The van der Waals surface area contributed by atoms with Crippen molar-refractivity contribution in [3.8, 4) is 23.0 Å². The van der Waals surface area contributed by atoms with E-state index in [0.29, 0.717) is 11.5 Å². The predicted octanol–water partition coefficient (Wildman–Crippen LogP) is 5.46. The minimum Gasteiger partial charge on any atom is -0.453 e. The first-order valence-electron chi connectivity index (χ1n) is 7.74. The molecule has 0 saturated heterocycles. The van der Waals surface area contributed by atoms with Gasteiger partial charge in [-0.05, 0) is 42.0 Å². The minimum atomic E-state index is -0.256. The molecule has 0 aliphatic heterocycles. The molecule has 120 valence electrons. The van der Waals surface area contributed by atoms with Crippen LogP contribution in [0, 0.1) is 0 Å². The highest BCUT2D eigenvalue weighted by Gasteiger charge is 2.11. The van der Waals surface area contributed by atoms with E-state index in [9.17, 15) is 0 Å². The maximum atomic E-state index is 6.04. The molecule has 0 amide bonds. The summed E-state index contributed by atoms with van der Waals surface area (Å²) in [5.41, 5.74) is 6.96. The summed E-state index contributed by atoms with van der Waals surface area (Å²) in [6.07, 6.45) is 1.69. The highest BCUT2D eigenvalue weighted by Crippen LogP contribution is 2.36. The van der Waals surface area contributed by atoms with Gasteiger partial charge in [0.25, 0.3) is 0 Å². The second-order valence-corrected chi connectivity index (χ2v) is 5.30. The van der Waals surface area contributed by atoms with Crippen LogP contribution in [0.3, 0.4) is 0 Å². The van der Waals surface area contributed by atoms with Gasteiger partial charge in [-0.2, -0.15) is 0 Å². The van der Waals surface area contributed by atoms with Crippen LogP contribution < -0.4 is 15.2 Å². The third-order valence-corrected chi connectivity index (χ3v) is 3.55. The third-order valence-electron chi connectivity index (χ3n) is 3.55. The van der Waals surface area contributed by atoms with E-state index in [1.807, 2.05) is 78.9 Å². The largest absolute Gasteiger partial charge is 0.453 e. The summed E-state index contributed by atoms with van der Waals surface area (Å²) in [7, 11) is 0. The first kappa shape index (κ1) is 15.8. The summed E-state index contributed by atoms with van der Waals surface area (Å²) >= 11 is 0. The van der Waals surface area contributed by atoms with Crippen LogP contribution in [-0.2, 0) is 0 Å². The number of nitrogens with two attached hydrogens (primary N) is 1. The molecule has 0 saturated carbocycles. The molecule has 24 heavy (non-hydrogen) atoms. The number of hydrogen-bond donors (Lipinski definition) is 1. The molecular weight excluding hydrogens is 298 g/mol. The highest BCUT2D eigenvalue weighted by molar-refractivity contribution is 5.48. The number of ether oxygens (including phenoxy) is 2. The molecule has 3 aromatic rings. The van der Waals surface area contributed by atoms with Crippen molar-refractivity contribution >= 4 is 0 Å². The van der Waals surface area contributed by atoms with Crippen LogP contribution in [0.1, 0.15) is 11.6 Å². The monoisotopic (exact) mass is 317 g/mol. The van der Waals surface area contributed by atoms with Crippen LogP contribution in [0.2, 0.25) is 0 Å². The van der Waals surface area contributed by atoms with Gasteiger partial charge in [-0.25, -0.2) is 0 Å². The lowest BCUT2D eigenvalue weighted by Gasteiger charge is -2.15. The van der Waals surface area contributed by atoms with Crippen molar-refractivity contribution < 1.29 is 9.47 Å². The summed E-state index contributed by atoms with van der Waals surface area (Å²) in [6.45, 7) is 3.74. The first-order chi connectivity index (χ1) is 11.8. The second-order valence-electron chi connectivity index (χ2n) is 5.30. The standard InChI is InChI=1S/C21H19NO2/c1-2-19(22)16-13-14-20(23-17-9-5-3-6-10-17)21(15-16)24-18-11-7-4-8-12-18/h2-15,19H,1,22H2/t19-/m0/s1. The van der Waals surface area contributed by atoms with Crippen molar-refractivity contribution in [3.63, 3.8) is 0 Å². The second kappa shape index (κ2) is 7.49. The highest BCUT2D eigenvalue weighted by atomic mass is 16.5. The van der Waals surface area contributed by atoms with Gasteiger partial charge in [-0.15, -0.1) is 6.58 Å². The molecule has 0 aliphatic rings. The van der Waals surface area contributed by atoms with E-state index < -0.39 is 0 Å². The Morgan fingerprint density at radius 2 is 1.29 bits per heavy atom. The summed E-state index contributed by atoms with van der Waals surface area (Å²) < 4.78 is 12.0. The Kier molecular flexibility index (Phi) is 4.94. The SMILES string of the molecule is C=C[C@H](N)c1ccc(Oc2ccccc2)c(Oc2ccccc2)c1. The van der Waals surface area contributed by atoms with Gasteiger partial charge in [0, 0.05) is 6.04 Å². The molecule has 1 atom stereocenters. The van der Waals surface area contributed by atoms with Gasteiger partial charge in [0.15, 0.2) is 11.5 Å². The van der Waals surface area contributed by atoms with Crippen molar-refractivity contribution in [1.29, 1.82) is 0 Å². The average Bonchev–Trinajstić information content (AvgIpc) is 2.64. The Morgan fingerprint density at radius 1 is 0.750 bits per heavy atom. The van der Waals surface area contributed by atoms with Gasteiger partial charge in [0.05, 0.1) is 0 Å². The molecule has 0 heterocycles. The maximum absolute atomic E-state index is 6.04. The average molecular weight is 317 g/mol. The normalized spacial score (nSPS) is 11.5. The molecule has 0 bridgehead atoms. The lowest BCUT2D eigenvalue weighted by Crippen LogP contribution is -2.06. The van der Waals surface area contributed by atoms with Gasteiger partial charge in [-0.3, -0.25) is 0 Å². The van der Waals surface area contributed by atoms with Gasteiger partial charge in [0.1, 0.15) is 11.5 Å². The van der Waals surface area contributed by atoms with Crippen LogP contribution >= 0.6 is 0 Å². The van der Waals surface area contributed by atoms with E-state index in [2.05, 4.69) is 6.58 Å². The van der Waals surface area contributed by atoms with E-state index in [-0.39, 0.29) is 6.04 Å². The lowest BCUT2D eigenvalue weighted by atomic mass is 10.1. The van der Waals surface area contributed by atoms with Gasteiger partial charge >= 0.3 is 0 Å². The van der Waals surface area contributed by atoms with Crippen LogP contribution in [0.15, 0.2) is 91.5 Å². The van der Waals surface area contributed by atoms with E-state index in [1.54, 1.807) is 6.08 Å². The van der Waals surface area contributed by atoms with Crippen LogP contribution in [0.4, 0.5) is 0 Å². The fourth-order valence-electron chi connectivity index (χ4n) is 2.26. The molecule has 0 unspecified atom stereocenters. The Morgan fingerprint density at radius 3 is 1.83 bits per heavy atom. The van der Waals surface area contributed by atoms with Crippen molar-refractivity contribution in [1.82, 2.24) is 0 Å². The molecule has 3 aromatic carbocycles. The fraction of sp³-hybridized carbons (Fsp3) is 0.0476. The minimum absolute atomic E-state index is 0.256. The Bertz CT molecular complexity index is 801. The third kappa shape index (κ3) is 3.83. The van der Waals surface area contributed by atoms with Crippen molar-refractivity contribution in [2.24, 2.45) is 5.73 Å². The summed E-state index contributed by atoms with van der Waals surface area (Å²) in [4.78, 5) is 0. The topological polar surface area (TPSA) is 44.5 Å². The molecular formula is C21H19NO2. The summed E-state index contributed by atoms with van der Waals surface area (Å²) in [5, 5.41) is 0. The van der Waals surface area contributed by atoms with E-state index >= 15 is 0 Å². The Hall–Kier alpha value is -3.04. The zero-order valence-corrected chi connectivity index (χ0v) is 13.3. The van der Waals surface area contributed by atoms with Gasteiger partial charge < -0.3 is 15.2 Å². The number of benzene rings is 3. The molecule has 0 aromatic heterocycles. The molecule has 2 N–H and O–H groups in total. The Labute approximate surface area is 142 Å². The van der Waals surface area contributed by atoms with Crippen molar-refractivity contribution in [2.75, 3.05) is 0 Å². The Balaban J connectivity index is 1.95. The van der Waals surface area contributed by atoms with E-state index in [4.69, 9.17) is 15.2 Å². The van der Waals surface area contributed by atoms with Crippen molar-refractivity contribution in [3.05, 3.63) is 97.1 Å². The van der Waals surface area contributed by atoms with E-state index in [1.165, 1.54) is 0 Å². The van der Waals surface area contributed by atoms with Crippen molar-refractivity contribution in [2.45, 2.75) is 6.04 Å². The number of para-hydroxylation sites is 2. The molecule has 0 aliphatic carbocycles. The lowest BCUT2D eigenvalue weighted by molar-refractivity contribution is 0.418. The first-order valence-corrected chi connectivity index (χ1v) is 7.74. The van der Waals surface area contributed by atoms with Gasteiger partial charge in [-0.1, -0.05) is 48.5 Å². The molecule has 0 spiro atoms. The van der Waals surface area contributed by atoms with Crippen LogP contribution in [0.5, 0.6) is 23.0 Å². The molecule has 0 fully saturated rings. The fourth-order valence-corrected chi connectivity index (χ4v) is 2.26. The molecule has 0 radical (unpaired) electrons. The predicted molar refractivity (Wildman–Crippen MR) is 96.6 cm³/mol. The molecule has 3 nitrogen and oxygen atoms in total. The molecule has 3 heteroatoms. The van der Waals surface area contributed by atoms with Crippen LogP contribution in [-0.4, -0.2) is 0 Å². The zero-order chi connectivity index (χ0) is 16.8. The van der Waals surface area contributed by atoms with Gasteiger partial charge in [0.2, 0.25) is 0 Å². The molecule has 3 rings (SSSR count). The van der Waals surface area contributed by atoms with E-state index in [0.717, 1.165) is 17.1 Å². The summed E-state index contributed by atoms with van der Waals surface area (Å²) in [6, 6.07) is 24.6. The number of hydrogen-bond acceptors (Lipinski definition) is 3. The number of rotatable bonds is 6. The zero-order valence-electron chi connectivity index (χ0n) is 13.3. The summed E-state index contributed by atoms with van der Waals surface area (Å²) in [5.74, 6) is 2.72. The maximum Gasteiger partial charge on any atom is 0.170 e. The quantitative estimate of drug-likeness (QED) is 0.614. The smallest absolute Gasteiger partial charge is 0.170 e. The van der Waals surface area contributed by atoms with Crippen LogP contribution in [0.25, 0.3) is 0 Å².